The Morgan fingerprint density at radius 2 is 2.10 bits per heavy atom. The molecule has 0 aromatic heterocycles. The molecule has 4 nitrogen and oxygen atoms in total. The van der Waals surface area contributed by atoms with E-state index in [9.17, 15) is 15.0 Å². The molecule has 0 bridgehead atoms. The molecule has 1 aromatic carbocycles. The molecule has 0 spiro atoms. The van der Waals surface area contributed by atoms with E-state index < -0.39 is 18.0 Å². The van der Waals surface area contributed by atoms with Crippen LogP contribution in [0, 0.1) is 11.8 Å². The Balaban J connectivity index is 2.22. The van der Waals surface area contributed by atoms with Gasteiger partial charge in [0.05, 0.1) is 23.6 Å². The van der Waals surface area contributed by atoms with Crippen molar-refractivity contribution in [3.63, 3.8) is 0 Å². The largest absolute Gasteiger partial charge is 0.496 e. The maximum Gasteiger partial charge on any atom is 0.306 e. The van der Waals surface area contributed by atoms with Crippen molar-refractivity contribution in [2.45, 2.75) is 31.8 Å². The highest BCUT2D eigenvalue weighted by Gasteiger charge is 2.36. The van der Waals surface area contributed by atoms with Gasteiger partial charge in [0.2, 0.25) is 0 Å². The molecule has 0 heterocycles. The highest BCUT2D eigenvalue weighted by molar-refractivity contribution is 9.10. The molecule has 1 fully saturated rings. The van der Waals surface area contributed by atoms with Gasteiger partial charge in [-0.2, -0.15) is 0 Å². The molecule has 0 saturated heterocycles. The van der Waals surface area contributed by atoms with Crippen LogP contribution in [0.5, 0.6) is 5.75 Å². The van der Waals surface area contributed by atoms with Gasteiger partial charge < -0.3 is 14.9 Å². The number of rotatable bonds is 4. The van der Waals surface area contributed by atoms with Crippen LogP contribution in [0.1, 0.15) is 37.4 Å². The van der Waals surface area contributed by atoms with Crippen LogP contribution in [-0.2, 0) is 4.79 Å². The van der Waals surface area contributed by atoms with Crippen LogP contribution in [0.4, 0.5) is 0 Å². The van der Waals surface area contributed by atoms with Crippen molar-refractivity contribution in [2.24, 2.45) is 11.8 Å². The molecule has 2 rings (SSSR count). The topological polar surface area (TPSA) is 66.8 Å². The molecule has 20 heavy (non-hydrogen) atoms. The van der Waals surface area contributed by atoms with Crippen LogP contribution in [-0.4, -0.2) is 23.3 Å². The molecule has 110 valence electrons. The number of halogens is 1. The fourth-order valence-electron chi connectivity index (χ4n) is 2.96. The van der Waals surface area contributed by atoms with Gasteiger partial charge in [0, 0.05) is 5.92 Å². The van der Waals surface area contributed by atoms with Crippen LogP contribution in [0.3, 0.4) is 0 Å². The van der Waals surface area contributed by atoms with Crippen molar-refractivity contribution >= 4 is 21.9 Å². The number of carbonyl (C=O) groups is 1. The Bertz CT molecular complexity index is 489. The molecular formula is C15H19BrO4. The zero-order valence-electron chi connectivity index (χ0n) is 11.4. The molecule has 3 unspecified atom stereocenters. The highest BCUT2D eigenvalue weighted by Crippen LogP contribution is 2.40. The molecule has 1 aliphatic rings. The van der Waals surface area contributed by atoms with E-state index in [1.54, 1.807) is 25.3 Å². The summed E-state index contributed by atoms with van der Waals surface area (Å²) in [6.07, 6.45) is 2.55. The first-order valence-electron chi connectivity index (χ1n) is 6.79. The number of hydrogen-bond donors (Lipinski definition) is 2. The second kappa shape index (κ2) is 6.59. The average molecular weight is 343 g/mol. The monoisotopic (exact) mass is 342 g/mol. The Kier molecular flexibility index (Phi) is 5.05. The molecule has 0 aliphatic heterocycles. The lowest BCUT2D eigenvalue weighted by Crippen LogP contribution is -2.31. The molecule has 1 saturated carbocycles. The lowest BCUT2D eigenvalue weighted by atomic mass is 9.74. The van der Waals surface area contributed by atoms with Crippen molar-refractivity contribution < 1.29 is 19.7 Å². The van der Waals surface area contributed by atoms with E-state index in [1.807, 2.05) is 0 Å². The summed E-state index contributed by atoms with van der Waals surface area (Å²) in [5.41, 5.74) is 0.732. The molecule has 1 aromatic rings. The second-order valence-electron chi connectivity index (χ2n) is 5.23. The number of methoxy groups -OCH3 is 1. The summed E-state index contributed by atoms with van der Waals surface area (Å²) in [7, 11) is 1.58. The van der Waals surface area contributed by atoms with Crippen molar-refractivity contribution in [1.82, 2.24) is 0 Å². The van der Waals surface area contributed by atoms with Crippen molar-refractivity contribution in [3.8, 4) is 5.75 Å². The number of carboxylic acid groups (broad SMARTS) is 1. The lowest BCUT2D eigenvalue weighted by molar-refractivity contribution is -0.147. The quantitative estimate of drug-likeness (QED) is 0.880. The molecule has 3 atom stereocenters. The highest BCUT2D eigenvalue weighted by atomic mass is 79.9. The summed E-state index contributed by atoms with van der Waals surface area (Å²) >= 11 is 3.39. The maximum absolute atomic E-state index is 11.3. The van der Waals surface area contributed by atoms with Crippen LogP contribution in [0.2, 0.25) is 0 Å². The summed E-state index contributed by atoms with van der Waals surface area (Å²) in [6, 6.07) is 5.38. The van der Waals surface area contributed by atoms with Gasteiger partial charge in [0.25, 0.3) is 0 Å². The summed E-state index contributed by atoms with van der Waals surface area (Å²) in [5, 5.41) is 19.8. The van der Waals surface area contributed by atoms with E-state index in [0.717, 1.165) is 29.3 Å². The predicted octanol–water partition coefficient (Wildman–Crippen LogP) is 3.38. The first-order chi connectivity index (χ1) is 9.54. The minimum Gasteiger partial charge on any atom is -0.496 e. The first-order valence-corrected chi connectivity index (χ1v) is 7.58. The van der Waals surface area contributed by atoms with E-state index in [-0.39, 0.29) is 5.92 Å². The zero-order chi connectivity index (χ0) is 14.7. The molecular weight excluding hydrogens is 324 g/mol. The zero-order valence-corrected chi connectivity index (χ0v) is 13.0. The summed E-state index contributed by atoms with van der Waals surface area (Å²) in [4.78, 5) is 11.3. The molecule has 2 N–H and O–H groups in total. The number of aliphatic carboxylic acids is 1. The second-order valence-corrected chi connectivity index (χ2v) is 6.09. The summed E-state index contributed by atoms with van der Waals surface area (Å²) in [6.45, 7) is 0. The predicted molar refractivity (Wildman–Crippen MR) is 78.7 cm³/mol. The van der Waals surface area contributed by atoms with Crippen LogP contribution in [0.15, 0.2) is 22.7 Å². The fraction of sp³-hybridized carbons (Fsp3) is 0.533. The normalized spacial score (nSPS) is 24.1. The smallest absolute Gasteiger partial charge is 0.306 e. The summed E-state index contributed by atoms with van der Waals surface area (Å²) < 4.78 is 5.93. The van der Waals surface area contributed by atoms with Gasteiger partial charge in [-0.1, -0.05) is 18.9 Å². The van der Waals surface area contributed by atoms with Gasteiger partial charge in [-0.25, -0.2) is 0 Å². The lowest BCUT2D eigenvalue weighted by Gasteiger charge is -2.32. The number of ether oxygens (including phenoxy) is 1. The van der Waals surface area contributed by atoms with Gasteiger partial charge >= 0.3 is 5.97 Å². The van der Waals surface area contributed by atoms with E-state index in [2.05, 4.69) is 15.9 Å². The third kappa shape index (κ3) is 3.15. The third-order valence-electron chi connectivity index (χ3n) is 4.06. The number of hydrogen-bond acceptors (Lipinski definition) is 3. The van der Waals surface area contributed by atoms with Crippen LogP contribution in [0.25, 0.3) is 0 Å². The van der Waals surface area contributed by atoms with Gasteiger partial charge in [-0.15, -0.1) is 0 Å². The Morgan fingerprint density at radius 1 is 1.40 bits per heavy atom. The SMILES string of the molecule is COc1ccc(C(O)C2CCCCC2C(=O)O)cc1Br. The minimum atomic E-state index is -0.804. The molecule has 0 radical (unpaired) electrons. The fourth-order valence-corrected chi connectivity index (χ4v) is 3.52. The van der Waals surface area contributed by atoms with Gasteiger partial charge in [-0.3, -0.25) is 4.79 Å². The third-order valence-corrected chi connectivity index (χ3v) is 4.68. The van der Waals surface area contributed by atoms with Gasteiger partial charge in [0.15, 0.2) is 0 Å². The van der Waals surface area contributed by atoms with E-state index in [4.69, 9.17) is 4.74 Å². The molecule has 5 heteroatoms. The number of carboxylic acids is 1. The van der Waals surface area contributed by atoms with Gasteiger partial charge in [0.1, 0.15) is 5.75 Å². The van der Waals surface area contributed by atoms with E-state index in [0.29, 0.717) is 12.2 Å². The van der Waals surface area contributed by atoms with E-state index >= 15 is 0 Å². The Morgan fingerprint density at radius 3 is 2.70 bits per heavy atom. The Hall–Kier alpha value is -1.07. The minimum absolute atomic E-state index is 0.221. The standard InChI is InChI=1S/C15H19BrO4/c1-20-13-7-6-9(8-12(13)16)14(17)10-4-2-3-5-11(10)15(18)19/h6-8,10-11,14,17H,2-5H2,1H3,(H,18,19). The average Bonchev–Trinajstić information content (AvgIpc) is 2.46. The Labute approximate surface area is 126 Å². The van der Waals surface area contributed by atoms with E-state index in [1.165, 1.54) is 0 Å². The number of aliphatic hydroxyl groups is 1. The van der Waals surface area contributed by atoms with Crippen molar-refractivity contribution in [1.29, 1.82) is 0 Å². The number of aliphatic hydroxyl groups excluding tert-OH is 1. The first kappa shape index (κ1) is 15.3. The van der Waals surface area contributed by atoms with Gasteiger partial charge in [-0.05, 0) is 46.5 Å². The van der Waals surface area contributed by atoms with Crippen LogP contribution < -0.4 is 4.74 Å². The molecule has 1 aliphatic carbocycles. The number of benzene rings is 1. The van der Waals surface area contributed by atoms with Crippen LogP contribution >= 0.6 is 15.9 Å². The maximum atomic E-state index is 11.3. The van der Waals surface area contributed by atoms with Crippen molar-refractivity contribution in [3.05, 3.63) is 28.2 Å². The molecule has 0 amide bonds. The van der Waals surface area contributed by atoms with Crippen molar-refractivity contribution in [2.75, 3.05) is 7.11 Å². The summed E-state index contributed by atoms with van der Waals surface area (Å²) in [5.74, 6) is -0.790.